The average molecular weight is 212 g/mol. The molecule has 1 aliphatic heterocycles. The second-order valence-corrected chi connectivity index (χ2v) is 4.78. The minimum atomic E-state index is -0.187. The number of aliphatic hydroxyl groups is 1. The number of aliphatic hydroxyl groups excluding tert-OH is 1. The molecule has 1 saturated heterocycles. The number of carbonyl (C=O) groups excluding carboxylic acids is 1. The number of likely N-dealkylation sites (N-methyl/N-ethyl adjacent to an activating group) is 1. The number of carbonyl (C=O) groups is 1. The third-order valence-electron chi connectivity index (χ3n) is 3.56. The highest BCUT2D eigenvalue weighted by Crippen LogP contribution is 2.21. The largest absolute Gasteiger partial charge is 0.392 e. The van der Waals surface area contributed by atoms with Gasteiger partial charge in [0.15, 0.2) is 0 Å². The molecule has 2 N–H and O–H groups in total. The van der Waals surface area contributed by atoms with Crippen LogP contribution in [0.5, 0.6) is 0 Å². The van der Waals surface area contributed by atoms with E-state index in [2.05, 4.69) is 5.32 Å². The lowest BCUT2D eigenvalue weighted by molar-refractivity contribution is -0.132. The average Bonchev–Trinajstić information content (AvgIpc) is 2.59. The molecular formula is C11H20N2O2. The highest BCUT2D eigenvalue weighted by Gasteiger charge is 2.30. The lowest BCUT2D eigenvalue weighted by Gasteiger charge is -2.33. The van der Waals surface area contributed by atoms with Crippen LogP contribution in [-0.2, 0) is 4.79 Å². The Hall–Kier alpha value is -0.610. The van der Waals surface area contributed by atoms with Gasteiger partial charge in [-0.25, -0.2) is 0 Å². The minimum absolute atomic E-state index is 0.187. The predicted molar refractivity (Wildman–Crippen MR) is 57.4 cm³/mol. The van der Waals surface area contributed by atoms with E-state index < -0.39 is 0 Å². The molecule has 86 valence electrons. The molecule has 0 radical (unpaired) electrons. The summed E-state index contributed by atoms with van der Waals surface area (Å²) in [7, 11) is 1.85. The summed E-state index contributed by atoms with van der Waals surface area (Å²) < 4.78 is 0. The zero-order valence-electron chi connectivity index (χ0n) is 9.28. The lowest BCUT2D eigenvalue weighted by atomic mass is 10.0. The van der Waals surface area contributed by atoms with Gasteiger partial charge in [-0.2, -0.15) is 0 Å². The predicted octanol–water partition coefficient (Wildman–Crippen LogP) is 0.110. The number of hydrogen-bond donors (Lipinski definition) is 2. The summed E-state index contributed by atoms with van der Waals surface area (Å²) >= 11 is 0. The van der Waals surface area contributed by atoms with Crippen molar-refractivity contribution in [1.29, 1.82) is 0 Å². The molecule has 2 aliphatic rings. The molecule has 4 nitrogen and oxygen atoms in total. The van der Waals surface area contributed by atoms with Gasteiger partial charge in [-0.15, -0.1) is 0 Å². The summed E-state index contributed by atoms with van der Waals surface area (Å²) in [5.74, 6) is 0.236. The van der Waals surface area contributed by atoms with E-state index in [1.165, 1.54) is 0 Å². The third-order valence-corrected chi connectivity index (χ3v) is 3.56. The summed E-state index contributed by atoms with van der Waals surface area (Å²) in [5, 5.41) is 13.2. The number of amides is 1. The molecule has 0 bridgehead atoms. The van der Waals surface area contributed by atoms with Crippen LogP contribution < -0.4 is 5.32 Å². The van der Waals surface area contributed by atoms with Gasteiger partial charge in [0.2, 0.25) is 5.91 Å². The van der Waals surface area contributed by atoms with Gasteiger partial charge < -0.3 is 15.3 Å². The van der Waals surface area contributed by atoms with E-state index in [0.717, 1.165) is 32.2 Å². The summed E-state index contributed by atoms with van der Waals surface area (Å²) in [6, 6.07) is 0.613. The summed E-state index contributed by atoms with van der Waals surface area (Å²) in [6.45, 7) is 0.780. The van der Waals surface area contributed by atoms with Crippen molar-refractivity contribution in [2.24, 2.45) is 0 Å². The van der Waals surface area contributed by atoms with Gasteiger partial charge in [0.1, 0.15) is 0 Å². The van der Waals surface area contributed by atoms with Crippen molar-refractivity contribution in [1.82, 2.24) is 10.2 Å². The zero-order chi connectivity index (χ0) is 10.8. The number of rotatable bonds is 2. The van der Waals surface area contributed by atoms with Crippen LogP contribution in [0, 0.1) is 0 Å². The van der Waals surface area contributed by atoms with E-state index in [0.29, 0.717) is 12.5 Å². The fourth-order valence-corrected chi connectivity index (χ4v) is 2.59. The Morgan fingerprint density at radius 1 is 1.40 bits per heavy atom. The summed E-state index contributed by atoms with van der Waals surface area (Å²) in [6.07, 6.45) is 4.45. The molecule has 2 rings (SSSR count). The first-order valence-corrected chi connectivity index (χ1v) is 5.85. The van der Waals surface area contributed by atoms with E-state index in [1.807, 2.05) is 7.05 Å². The highest BCUT2D eigenvalue weighted by atomic mass is 16.3. The maximum absolute atomic E-state index is 11.3. The van der Waals surface area contributed by atoms with Gasteiger partial charge in [0.05, 0.1) is 6.10 Å². The van der Waals surface area contributed by atoms with E-state index in [9.17, 15) is 9.90 Å². The molecule has 1 saturated carbocycles. The quantitative estimate of drug-likeness (QED) is 0.683. The molecule has 0 aromatic heterocycles. The lowest BCUT2D eigenvalue weighted by Crippen LogP contribution is -2.51. The minimum Gasteiger partial charge on any atom is -0.392 e. The highest BCUT2D eigenvalue weighted by molar-refractivity contribution is 5.76. The Morgan fingerprint density at radius 3 is 2.80 bits per heavy atom. The molecule has 4 heteroatoms. The first-order valence-electron chi connectivity index (χ1n) is 5.85. The van der Waals surface area contributed by atoms with Crippen molar-refractivity contribution in [3.63, 3.8) is 0 Å². The Bertz CT molecular complexity index is 245. The van der Waals surface area contributed by atoms with Crippen LogP contribution in [0.4, 0.5) is 0 Å². The van der Waals surface area contributed by atoms with Crippen LogP contribution >= 0.6 is 0 Å². The third kappa shape index (κ3) is 2.49. The Balaban J connectivity index is 1.82. The number of nitrogens with one attached hydrogen (secondary N) is 1. The molecule has 0 aromatic carbocycles. The Morgan fingerprint density at radius 2 is 2.20 bits per heavy atom. The van der Waals surface area contributed by atoms with Gasteiger partial charge in [0.25, 0.3) is 0 Å². The molecule has 2 fully saturated rings. The second kappa shape index (κ2) is 4.49. The molecule has 15 heavy (non-hydrogen) atoms. The van der Waals surface area contributed by atoms with E-state index in [1.54, 1.807) is 4.90 Å². The molecule has 0 spiro atoms. The van der Waals surface area contributed by atoms with Crippen LogP contribution in [0.3, 0.4) is 0 Å². The fraction of sp³-hybridized carbons (Fsp3) is 0.909. The molecular weight excluding hydrogens is 192 g/mol. The Labute approximate surface area is 90.6 Å². The standard InChI is InChI=1S/C11H20N2O2/c1-13-7-8(5-6-11(13)15)12-9-3-2-4-10(9)14/h8-10,12,14H,2-7H2,1H3. The number of likely N-dealkylation sites (tertiary alicyclic amines) is 1. The maximum atomic E-state index is 11.3. The van der Waals surface area contributed by atoms with Crippen LogP contribution in [-0.4, -0.2) is 47.7 Å². The van der Waals surface area contributed by atoms with Crippen molar-refractivity contribution in [3.05, 3.63) is 0 Å². The number of nitrogens with zero attached hydrogens (tertiary/aromatic N) is 1. The van der Waals surface area contributed by atoms with Crippen LogP contribution in [0.15, 0.2) is 0 Å². The maximum Gasteiger partial charge on any atom is 0.222 e. The van der Waals surface area contributed by atoms with Gasteiger partial charge in [-0.1, -0.05) is 0 Å². The fourth-order valence-electron chi connectivity index (χ4n) is 2.59. The monoisotopic (exact) mass is 212 g/mol. The number of piperidine rings is 1. The molecule has 3 atom stereocenters. The van der Waals surface area contributed by atoms with Crippen LogP contribution in [0.1, 0.15) is 32.1 Å². The van der Waals surface area contributed by atoms with Gasteiger partial charge in [-0.3, -0.25) is 4.79 Å². The van der Waals surface area contributed by atoms with Gasteiger partial charge in [-0.05, 0) is 25.7 Å². The first kappa shape index (κ1) is 10.9. The van der Waals surface area contributed by atoms with E-state index >= 15 is 0 Å². The normalized spacial score (nSPS) is 37.3. The topological polar surface area (TPSA) is 52.6 Å². The molecule has 0 aromatic rings. The van der Waals surface area contributed by atoms with Crippen molar-refractivity contribution in [2.45, 2.75) is 50.3 Å². The molecule has 1 amide bonds. The summed E-state index contributed by atoms with van der Waals surface area (Å²) in [5.41, 5.74) is 0. The van der Waals surface area contributed by atoms with Crippen LogP contribution in [0.2, 0.25) is 0 Å². The van der Waals surface area contributed by atoms with Crippen molar-refractivity contribution >= 4 is 5.91 Å². The first-order chi connectivity index (χ1) is 7.16. The van der Waals surface area contributed by atoms with Gasteiger partial charge >= 0.3 is 0 Å². The van der Waals surface area contributed by atoms with Gasteiger partial charge in [0, 0.05) is 32.1 Å². The molecule has 1 aliphatic carbocycles. The van der Waals surface area contributed by atoms with Crippen molar-refractivity contribution in [2.75, 3.05) is 13.6 Å². The van der Waals surface area contributed by atoms with Crippen molar-refractivity contribution < 1.29 is 9.90 Å². The van der Waals surface area contributed by atoms with E-state index in [4.69, 9.17) is 0 Å². The molecule has 3 unspecified atom stereocenters. The number of hydrogen-bond acceptors (Lipinski definition) is 3. The van der Waals surface area contributed by atoms with Crippen molar-refractivity contribution in [3.8, 4) is 0 Å². The zero-order valence-corrected chi connectivity index (χ0v) is 9.28. The molecule has 1 heterocycles. The Kier molecular flexibility index (Phi) is 3.26. The van der Waals surface area contributed by atoms with Crippen LogP contribution in [0.25, 0.3) is 0 Å². The summed E-state index contributed by atoms with van der Waals surface area (Å²) in [4.78, 5) is 13.1. The van der Waals surface area contributed by atoms with E-state index in [-0.39, 0.29) is 18.1 Å². The second-order valence-electron chi connectivity index (χ2n) is 4.78. The smallest absolute Gasteiger partial charge is 0.222 e. The SMILES string of the molecule is CN1CC(NC2CCCC2O)CCC1=O.